The number of nitrogens with one attached hydrogen (secondary N) is 1. The fourth-order valence-corrected chi connectivity index (χ4v) is 4.16. The van der Waals surface area contributed by atoms with Crippen LogP contribution in [0.4, 0.5) is 0 Å². The molecule has 2 aromatic carbocycles. The quantitative estimate of drug-likeness (QED) is 0.541. The maximum Gasteiger partial charge on any atom is 0.220 e. The average molecular weight is 461 g/mol. The summed E-state index contributed by atoms with van der Waals surface area (Å²) in [5, 5.41) is 3.09. The molecule has 1 amide bonds. The van der Waals surface area contributed by atoms with Crippen LogP contribution in [0, 0.1) is 5.92 Å². The largest absolute Gasteiger partial charge is 0.352 e. The van der Waals surface area contributed by atoms with Crippen LogP contribution in [-0.2, 0) is 17.9 Å². The van der Waals surface area contributed by atoms with Crippen molar-refractivity contribution in [2.45, 2.75) is 44.8 Å². The van der Waals surface area contributed by atoms with Crippen LogP contribution in [0.25, 0.3) is 11.1 Å². The predicted molar refractivity (Wildman–Crippen MR) is 129 cm³/mol. The molecule has 7 heteroatoms. The van der Waals surface area contributed by atoms with Gasteiger partial charge in [-0.15, -0.1) is 24.8 Å². The molecule has 1 aliphatic carbocycles. The molecule has 1 aromatic heterocycles. The Balaban J connectivity index is 0.00000171. The molecule has 4 rings (SSSR count). The molecule has 1 heterocycles. The average Bonchev–Trinajstić information content (AvgIpc) is 3.39. The molecule has 1 saturated carbocycles. The van der Waals surface area contributed by atoms with Crippen molar-refractivity contribution in [3.05, 3.63) is 78.4 Å². The number of aromatic nitrogens is 2. The second kappa shape index (κ2) is 11.9. The number of nitrogens with zero attached hydrogens (tertiary/aromatic N) is 2. The van der Waals surface area contributed by atoms with Gasteiger partial charge in [-0.25, -0.2) is 4.98 Å². The predicted octanol–water partition coefficient (Wildman–Crippen LogP) is 4.58. The van der Waals surface area contributed by atoms with E-state index in [1.165, 1.54) is 5.56 Å². The van der Waals surface area contributed by atoms with Crippen molar-refractivity contribution >= 4 is 30.7 Å². The summed E-state index contributed by atoms with van der Waals surface area (Å²) in [5.74, 6) is 0.422. The minimum absolute atomic E-state index is 0. The number of imidazole rings is 1. The van der Waals surface area contributed by atoms with Crippen LogP contribution >= 0.6 is 24.8 Å². The lowest BCUT2D eigenvalue weighted by Crippen LogP contribution is -2.31. The first-order chi connectivity index (χ1) is 14.2. The van der Waals surface area contributed by atoms with E-state index in [4.69, 9.17) is 5.73 Å². The highest BCUT2D eigenvalue weighted by Crippen LogP contribution is 2.27. The van der Waals surface area contributed by atoms with Gasteiger partial charge in [-0.1, -0.05) is 55.0 Å². The minimum Gasteiger partial charge on any atom is -0.352 e. The standard InChI is InChI=1S/C24H28N4O.2ClH/c25-23-7-3-5-20(23)14-24(29)27-15-21-4-1-2-6-22(21)19-10-8-18(9-11-19)16-28-13-12-26-17-28;;/h1-2,4,6,8-13,17,20,23H,3,5,7,14-16,25H2,(H,27,29);2*1H/t20-,23+;;/m0../s1. The first kappa shape index (κ1) is 24.9. The number of nitrogens with two attached hydrogens (primary N) is 1. The number of rotatable bonds is 7. The molecular formula is C24H30Cl2N4O. The number of hydrogen-bond acceptors (Lipinski definition) is 3. The van der Waals surface area contributed by atoms with E-state index < -0.39 is 0 Å². The Morgan fingerprint density at radius 1 is 1.10 bits per heavy atom. The summed E-state index contributed by atoms with van der Waals surface area (Å²) in [6, 6.07) is 17.0. The maximum atomic E-state index is 12.4. The monoisotopic (exact) mass is 460 g/mol. The third-order valence-electron chi connectivity index (χ3n) is 5.85. The molecule has 0 unspecified atom stereocenters. The van der Waals surface area contributed by atoms with Crippen molar-refractivity contribution in [1.29, 1.82) is 0 Å². The summed E-state index contributed by atoms with van der Waals surface area (Å²) in [5.41, 5.74) is 10.8. The van der Waals surface area contributed by atoms with Gasteiger partial charge in [0.2, 0.25) is 5.91 Å². The third-order valence-corrected chi connectivity index (χ3v) is 5.85. The van der Waals surface area contributed by atoms with Gasteiger partial charge in [0.1, 0.15) is 0 Å². The summed E-state index contributed by atoms with van der Waals surface area (Å²) in [6.45, 7) is 1.34. The van der Waals surface area contributed by atoms with E-state index in [1.54, 1.807) is 6.20 Å². The second-order valence-electron chi connectivity index (χ2n) is 7.92. The van der Waals surface area contributed by atoms with E-state index in [-0.39, 0.29) is 36.8 Å². The highest BCUT2D eigenvalue weighted by Gasteiger charge is 2.25. The molecule has 3 N–H and O–H groups in total. The molecule has 1 aliphatic rings. The summed E-state index contributed by atoms with van der Waals surface area (Å²) in [4.78, 5) is 16.5. The summed E-state index contributed by atoms with van der Waals surface area (Å²) >= 11 is 0. The van der Waals surface area contributed by atoms with Crippen molar-refractivity contribution < 1.29 is 4.79 Å². The fraction of sp³-hybridized carbons (Fsp3) is 0.333. The smallest absolute Gasteiger partial charge is 0.220 e. The Morgan fingerprint density at radius 2 is 1.87 bits per heavy atom. The van der Waals surface area contributed by atoms with Gasteiger partial charge in [0, 0.05) is 37.9 Å². The maximum absolute atomic E-state index is 12.4. The molecule has 0 spiro atoms. The number of carbonyl (C=O) groups is 1. The van der Waals surface area contributed by atoms with Gasteiger partial charge in [-0.3, -0.25) is 4.79 Å². The van der Waals surface area contributed by atoms with Crippen molar-refractivity contribution in [1.82, 2.24) is 14.9 Å². The lowest BCUT2D eigenvalue weighted by Gasteiger charge is -2.16. The van der Waals surface area contributed by atoms with Crippen LogP contribution in [-0.4, -0.2) is 21.5 Å². The van der Waals surface area contributed by atoms with E-state index in [0.29, 0.717) is 18.9 Å². The summed E-state index contributed by atoms with van der Waals surface area (Å²) in [6.07, 6.45) is 9.35. The molecule has 0 aliphatic heterocycles. The van der Waals surface area contributed by atoms with Gasteiger partial charge in [0.15, 0.2) is 0 Å². The van der Waals surface area contributed by atoms with Crippen LogP contribution in [0.15, 0.2) is 67.3 Å². The Bertz CT molecular complexity index is 944. The summed E-state index contributed by atoms with van der Waals surface area (Å²) < 4.78 is 2.05. The van der Waals surface area contributed by atoms with Gasteiger partial charge >= 0.3 is 0 Å². The van der Waals surface area contributed by atoms with E-state index in [2.05, 4.69) is 51.3 Å². The highest BCUT2D eigenvalue weighted by atomic mass is 35.5. The zero-order valence-corrected chi connectivity index (χ0v) is 19.1. The number of benzene rings is 2. The van der Waals surface area contributed by atoms with Crippen molar-refractivity contribution in [3.8, 4) is 11.1 Å². The molecular weight excluding hydrogens is 431 g/mol. The van der Waals surface area contributed by atoms with E-state index >= 15 is 0 Å². The topological polar surface area (TPSA) is 72.9 Å². The first-order valence-electron chi connectivity index (χ1n) is 10.3. The van der Waals surface area contributed by atoms with E-state index in [1.807, 2.05) is 24.7 Å². The molecule has 0 saturated heterocycles. The molecule has 0 bridgehead atoms. The molecule has 5 nitrogen and oxygen atoms in total. The molecule has 3 aromatic rings. The van der Waals surface area contributed by atoms with E-state index in [0.717, 1.165) is 42.5 Å². The van der Waals surface area contributed by atoms with Gasteiger partial charge in [-0.2, -0.15) is 0 Å². The molecule has 2 atom stereocenters. The third kappa shape index (κ3) is 6.57. The summed E-state index contributed by atoms with van der Waals surface area (Å²) in [7, 11) is 0. The molecule has 1 fully saturated rings. The van der Waals surface area contributed by atoms with Crippen LogP contribution < -0.4 is 11.1 Å². The normalized spacial score (nSPS) is 17.5. The number of hydrogen-bond donors (Lipinski definition) is 2. The van der Waals surface area contributed by atoms with Crippen LogP contribution in [0.3, 0.4) is 0 Å². The lowest BCUT2D eigenvalue weighted by molar-refractivity contribution is -0.122. The zero-order chi connectivity index (χ0) is 20.1. The van der Waals surface area contributed by atoms with Crippen molar-refractivity contribution in [3.63, 3.8) is 0 Å². The second-order valence-corrected chi connectivity index (χ2v) is 7.92. The highest BCUT2D eigenvalue weighted by molar-refractivity contribution is 5.85. The number of carbonyl (C=O) groups excluding carboxylic acids is 1. The van der Waals surface area contributed by atoms with Gasteiger partial charge in [0.25, 0.3) is 0 Å². The zero-order valence-electron chi connectivity index (χ0n) is 17.4. The minimum atomic E-state index is 0. The van der Waals surface area contributed by atoms with Gasteiger partial charge in [-0.05, 0) is 41.0 Å². The first-order valence-corrected chi connectivity index (χ1v) is 10.3. The Hall–Kier alpha value is -2.34. The number of amides is 1. The Kier molecular flexibility index (Phi) is 9.56. The molecule has 0 radical (unpaired) electrons. The van der Waals surface area contributed by atoms with Gasteiger partial charge < -0.3 is 15.6 Å². The fourth-order valence-electron chi connectivity index (χ4n) is 4.16. The van der Waals surface area contributed by atoms with Crippen molar-refractivity contribution in [2.24, 2.45) is 11.7 Å². The Morgan fingerprint density at radius 3 is 2.55 bits per heavy atom. The molecule has 166 valence electrons. The Labute approximate surface area is 196 Å². The number of halogens is 2. The van der Waals surface area contributed by atoms with E-state index in [9.17, 15) is 4.79 Å². The SMILES string of the molecule is Cl.Cl.N[C@@H]1CCC[C@H]1CC(=O)NCc1ccccc1-c1ccc(Cn2ccnc2)cc1. The van der Waals surface area contributed by atoms with Crippen LogP contribution in [0.5, 0.6) is 0 Å². The van der Waals surface area contributed by atoms with Crippen molar-refractivity contribution in [2.75, 3.05) is 0 Å². The lowest BCUT2D eigenvalue weighted by atomic mass is 9.98. The van der Waals surface area contributed by atoms with Gasteiger partial charge in [0.05, 0.1) is 6.33 Å². The molecule has 31 heavy (non-hydrogen) atoms. The van der Waals surface area contributed by atoms with Crippen LogP contribution in [0.1, 0.15) is 36.8 Å². The van der Waals surface area contributed by atoms with Crippen LogP contribution in [0.2, 0.25) is 0 Å².